The fourth-order valence-corrected chi connectivity index (χ4v) is 1.96. The van der Waals surface area contributed by atoms with Crippen molar-refractivity contribution in [2.75, 3.05) is 5.88 Å². The molecule has 0 radical (unpaired) electrons. The second kappa shape index (κ2) is 5.08. The Morgan fingerprint density at radius 2 is 2.41 bits per heavy atom. The van der Waals surface area contributed by atoms with E-state index in [4.69, 9.17) is 11.6 Å². The van der Waals surface area contributed by atoms with Crippen LogP contribution in [-0.2, 0) is 18.4 Å². The Bertz CT molecular complexity index is 400. The molecule has 1 aromatic heterocycles. The SMILES string of the molecule is CC(CCl)C(=O)N(Cc1nccn1C)C1CC1. The van der Waals surface area contributed by atoms with Crippen LogP contribution in [0.3, 0.4) is 0 Å². The number of nitrogens with zero attached hydrogens (tertiary/aromatic N) is 3. The minimum absolute atomic E-state index is 0.113. The van der Waals surface area contributed by atoms with Crippen LogP contribution in [0.4, 0.5) is 0 Å². The highest BCUT2D eigenvalue weighted by atomic mass is 35.5. The molecule has 0 spiro atoms. The number of carbonyl (C=O) groups is 1. The van der Waals surface area contributed by atoms with Crippen LogP contribution in [0.15, 0.2) is 12.4 Å². The number of aryl methyl sites for hydroxylation is 1. The van der Waals surface area contributed by atoms with Crippen molar-refractivity contribution in [1.29, 1.82) is 0 Å². The second-order valence-corrected chi connectivity index (χ2v) is 5.02. The molecule has 94 valence electrons. The molecule has 1 heterocycles. The monoisotopic (exact) mass is 255 g/mol. The molecule has 0 N–H and O–H groups in total. The van der Waals surface area contributed by atoms with Crippen LogP contribution in [-0.4, -0.2) is 32.3 Å². The van der Waals surface area contributed by atoms with Crippen LogP contribution in [0.2, 0.25) is 0 Å². The van der Waals surface area contributed by atoms with Crippen molar-refractivity contribution in [3.63, 3.8) is 0 Å². The van der Waals surface area contributed by atoms with E-state index in [9.17, 15) is 4.79 Å². The molecule has 2 rings (SSSR count). The number of hydrogen-bond donors (Lipinski definition) is 0. The van der Waals surface area contributed by atoms with Crippen molar-refractivity contribution in [3.8, 4) is 0 Å². The van der Waals surface area contributed by atoms with E-state index in [1.807, 2.05) is 29.6 Å². The normalized spacial score (nSPS) is 16.9. The van der Waals surface area contributed by atoms with Gasteiger partial charge in [0.05, 0.1) is 6.54 Å². The third kappa shape index (κ3) is 2.80. The van der Waals surface area contributed by atoms with Gasteiger partial charge in [0.1, 0.15) is 5.82 Å². The zero-order valence-corrected chi connectivity index (χ0v) is 11.0. The van der Waals surface area contributed by atoms with Crippen molar-refractivity contribution in [2.45, 2.75) is 32.4 Å². The fraction of sp³-hybridized carbons (Fsp3) is 0.667. The molecule has 1 unspecified atom stereocenters. The smallest absolute Gasteiger partial charge is 0.227 e. The van der Waals surface area contributed by atoms with Gasteiger partial charge in [0.25, 0.3) is 0 Å². The van der Waals surface area contributed by atoms with Crippen molar-refractivity contribution in [1.82, 2.24) is 14.5 Å². The van der Waals surface area contributed by atoms with E-state index in [-0.39, 0.29) is 11.8 Å². The molecule has 1 aromatic rings. The quantitative estimate of drug-likeness (QED) is 0.753. The molecule has 0 aromatic carbocycles. The number of hydrogen-bond acceptors (Lipinski definition) is 2. The standard InChI is InChI=1S/C12H18ClN3O/c1-9(7-13)12(17)16(10-3-4-10)8-11-14-5-6-15(11)2/h5-6,9-10H,3-4,7-8H2,1-2H3. The Labute approximate surface area is 107 Å². The minimum Gasteiger partial charge on any atom is -0.337 e. The summed E-state index contributed by atoms with van der Waals surface area (Å²) in [6.45, 7) is 2.47. The lowest BCUT2D eigenvalue weighted by Crippen LogP contribution is -2.37. The lowest BCUT2D eigenvalue weighted by Gasteiger charge is -2.24. The Hall–Kier alpha value is -1.03. The van der Waals surface area contributed by atoms with Crippen LogP contribution in [0.5, 0.6) is 0 Å². The van der Waals surface area contributed by atoms with Gasteiger partial charge in [-0.1, -0.05) is 6.92 Å². The number of imidazole rings is 1. The van der Waals surface area contributed by atoms with Gasteiger partial charge in [0.15, 0.2) is 0 Å². The van der Waals surface area contributed by atoms with E-state index in [0.717, 1.165) is 18.7 Å². The maximum Gasteiger partial charge on any atom is 0.227 e. The first kappa shape index (κ1) is 12.4. The molecule has 1 saturated carbocycles. The van der Waals surface area contributed by atoms with E-state index in [0.29, 0.717) is 18.5 Å². The van der Waals surface area contributed by atoms with Crippen LogP contribution in [0.1, 0.15) is 25.6 Å². The number of carbonyl (C=O) groups excluding carboxylic acids is 1. The first-order chi connectivity index (χ1) is 8.13. The molecule has 0 aliphatic heterocycles. The molecule has 1 aliphatic carbocycles. The Morgan fingerprint density at radius 1 is 1.71 bits per heavy atom. The van der Waals surface area contributed by atoms with Gasteiger partial charge in [0, 0.05) is 37.3 Å². The average molecular weight is 256 g/mol. The number of amides is 1. The highest BCUT2D eigenvalue weighted by Gasteiger charge is 2.34. The number of alkyl halides is 1. The number of halogens is 1. The summed E-state index contributed by atoms with van der Waals surface area (Å²) in [6, 6.07) is 0.393. The Kier molecular flexibility index (Phi) is 3.72. The lowest BCUT2D eigenvalue weighted by molar-refractivity contribution is -0.135. The second-order valence-electron chi connectivity index (χ2n) is 4.71. The van der Waals surface area contributed by atoms with Gasteiger partial charge < -0.3 is 9.47 Å². The molecule has 1 fully saturated rings. The van der Waals surface area contributed by atoms with E-state index in [2.05, 4.69) is 4.98 Å². The molecule has 17 heavy (non-hydrogen) atoms. The summed E-state index contributed by atoms with van der Waals surface area (Å²) in [6.07, 6.45) is 5.86. The van der Waals surface area contributed by atoms with E-state index in [1.54, 1.807) is 6.20 Å². The van der Waals surface area contributed by atoms with Gasteiger partial charge >= 0.3 is 0 Å². The first-order valence-electron chi connectivity index (χ1n) is 5.96. The molecular weight excluding hydrogens is 238 g/mol. The summed E-state index contributed by atoms with van der Waals surface area (Å²) in [4.78, 5) is 18.4. The predicted molar refractivity (Wildman–Crippen MR) is 66.7 cm³/mol. The summed E-state index contributed by atoms with van der Waals surface area (Å²) in [5, 5.41) is 0. The lowest BCUT2D eigenvalue weighted by atomic mass is 10.2. The topological polar surface area (TPSA) is 38.1 Å². The van der Waals surface area contributed by atoms with Crippen molar-refractivity contribution < 1.29 is 4.79 Å². The molecule has 5 heteroatoms. The van der Waals surface area contributed by atoms with Crippen molar-refractivity contribution in [3.05, 3.63) is 18.2 Å². The molecular formula is C12H18ClN3O. The van der Waals surface area contributed by atoms with Gasteiger partial charge in [-0.2, -0.15) is 0 Å². The molecule has 0 bridgehead atoms. The van der Waals surface area contributed by atoms with Crippen LogP contribution < -0.4 is 0 Å². The molecule has 1 aliphatic rings. The first-order valence-corrected chi connectivity index (χ1v) is 6.49. The van der Waals surface area contributed by atoms with Gasteiger partial charge in [0.2, 0.25) is 5.91 Å². The van der Waals surface area contributed by atoms with E-state index in [1.165, 1.54) is 0 Å². The summed E-state index contributed by atoms with van der Waals surface area (Å²) in [5.41, 5.74) is 0. The Morgan fingerprint density at radius 3 is 2.88 bits per heavy atom. The average Bonchev–Trinajstić information content (AvgIpc) is 3.09. The largest absolute Gasteiger partial charge is 0.337 e. The molecule has 4 nitrogen and oxygen atoms in total. The zero-order chi connectivity index (χ0) is 12.4. The highest BCUT2D eigenvalue weighted by Crippen LogP contribution is 2.29. The Balaban J connectivity index is 2.08. The zero-order valence-electron chi connectivity index (χ0n) is 10.3. The summed E-state index contributed by atoms with van der Waals surface area (Å²) >= 11 is 5.76. The van der Waals surface area contributed by atoms with Crippen LogP contribution in [0, 0.1) is 5.92 Å². The highest BCUT2D eigenvalue weighted by molar-refractivity contribution is 6.19. The summed E-state index contributed by atoms with van der Waals surface area (Å²) < 4.78 is 1.95. The number of rotatable bonds is 5. The van der Waals surface area contributed by atoms with E-state index >= 15 is 0 Å². The third-order valence-electron chi connectivity index (χ3n) is 3.16. The third-order valence-corrected chi connectivity index (χ3v) is 3.62. The van der Waals surface area contributed by atoms with E-state index < -0.39 is 0 Å². The van der Waals surface area contributed by atoms with Crippen LogP contribution >= 0.6 is 11.6 Å². The maximum atomic E-state index is 12.2. The van der Waals surface area contributed by atoms with Gasteiger partial charge in [-0.05, 0) is 12.8 Å². The number of aromatic nitrogens is 2. The molecule has 0 saturated heterocycles. The van der Waals surface area contributed by atoms with Crippen LogP contribution in [0.25, 0.3) is 0 Å². The van der Waals surface area contributed by atoms with Crippen molar-refractivity contribution >= 4 is 17.5 Å². The van der Waals surface area contributed by atoms with Gasteiger partial charge in [-0.25, -0.2) is 4.98 Å². The summed E-state index contributed by atoms with van der Waals surface area (Å²) in [5.74, 6) is 1.33. The minimum atomic E-state index is -0.113. The van der Waals surface area contributed by atoms with Gasteiger partial charge in [-0.15, -0.1) is 11.6 Å². The fourth-order valence-electron chi connectivity index (χ4n) is 1.82. The molecule has 1 amide bonds. The van der Waals surface area contributed by atoms with Crippen molar-refractivity contribution in [2.24, 2.45) is 13.0 Å². The maximum absolute atomic E-state index is 12.2. The summed E-state index contributed by atoms with van der Waals surface area (Å²) in [7, 11) is 1.95. The van der Waals surface area contributed by atoms with Gasteiger partial charge in [-0.3, -0.25) is 4.79 Å². The predicted octanol–water partition coefficient (Wildman–Crippen LogP) is 1.79. The molecule has 1 atom stereocenters.